The van der Waals surface area contributed by atoms with Gasteiger partial charge in [-0.3, -0.25) is 0 Å². The van der Waals surface area contributed by atoms with Crippen LogP contribution in [-0.4, -0.2) is 23.3 Å². The molecule has 12 heavy (non-hydrogen) atoms. The average molecular weight is 174 g/mol. The molecule has 0 aliphatic heterocycles. The molecule has 0 aliphatic rings. The highest BCUT2D eigenvalue weighted by molar-refractivity contribution is 5.74. The zero-order valence-corrected chi connectivity index (χ0v) is 8.20. The van der Waals surface area contributed by atoms with Crippen molar-refractivity contribution in [1.29, 1.82) is 0 Å². The fourth-order valence-electron chi connectivity index (χ4n) is 0.854. The minimum absolute atomic E-state index is 0.153. The van der Waals surface area contributed by atoms with Crippen molar-refractivity contribution in [2.24, 2.45) is 5.92 Å². The van der Waals surface area contributed by atoms with Crippen LogP contribution in [0.1, 0.15) is 34.1 Å². The van der Waals surface area contributed by atoms with Crippen LogP contribution in [0, 0.1) is 5.92 Å². The summed E-state index contributed by atoms with van der Waals surface area (Å²) in [5, 5.41) is 9.26. The highest BCUT2D eigenvalue weighted by atomic mass is 16.6. The zero-order valence-electron chi connectivity index (χ0n) is 8.20. The normalized spacial score (nSPS) is 13.6. The molecule has 0 aliphatic carbocycles. The van der Waals surface area contributed by atoms with Gasteiger partial charge in [0.2, 0.25) is 0 Å². The van der Waals surface area contributed by atoms with E-state index in [2.05, 4.69) is 0 Å². The van der Waals surface area contributed by atoms with Gasteiger partial charge in [-0.15, -0.1) is 0 Å². The minimum atomic E-state index is -0.965. The second kappa shape index (κ2) is 5.14. The number of esters is 1. The number of hydrogen-bond acceptors (Lipinski definition) is 3. The molecule has 0 aromatic rings. The molecule has 0 bridgehead atoms. The van der Waals surface area contributed by atoms with Crippen LogP contribution in [0.15, 0.2) is 0 Å². The van der Waals surface area contributed by atoms with Crippen LogP contribution >= 0.6 is 0 Å². The monoisotopic (exact) mass is 174 g/mol. The summed E-state index contributed by atoms with van der Waals surface area (Å²) in [6, 6.07) is 0. The summed E-state index contributed by atoms with van der Waals surface area (Å²) < 4.78 is 4.82. The number of hydrogen-bond donors (Lipinski definition) is 1. The van der Waals surface area contributed by atoms with Gasteiger partial charge in [-0.1, -0.05) is 13.8 Å². The third-order valence-electron chi connectivity index (χ3n) is 1.32. The van der Waals surface area contributed by atoms with Crippen molar-refractivity contribution in [3.8, 4) is 0 Å². The van der Waals surface area contributed by atoms with Gasteiger partial charge in [-0.2, -0.15) is 0 Å². The number of ether oxygens (including phenoxy) is 1. The highest BCUT2D eigenvalue weighted by Gasteiger charge is 2.18. The Morgan fingerprint density at radius 2 is 1.83 bits per heavy atom. The molecule has 0 aromatic heterocycles. The van der Waals surface area contributed by atoms with Crippen molar-refractivity contribution < 1.29 is 14.6 Å². The highest BCUT2D eigenvalue weighted by Crippen LogP contribution is 2.06. The average Bonchev–Trinajstić information content (AvgIpc) is 1.84. The molecule has 0 radical (unpaired) electrons. The van der Waals surface area contributed by atoms with Gasteiger partial charge in [-0.25, -0.2) is 4.79 Å². The fraction of sp³-hybridized carbons (Fsp3) is 0.889. The summed E-state index contributed by atoms with van der Waals surface area (Å²) in [4.78, 5) is 11.0. The fourth-order valence-corrected chi connectivity index (χ4v) is 0.854. The molecule has 0 aromatic carbocycles. The Balaban J connectivity index is 3.77. The van der Waals surface area contributed by atoms with Crippen molar-refractivity contribution in [3.05, 3.63) is 0 Å². The molecule has 1 N–H and O–H groups in total. The Kier molecular flexibility index (Phi) is 4.90. The van der Waals surface area contributed by atoms with Crippen molar-refractivity contribution in [3.63, 3.8) is 0 Å². The first-order chi connectivity index (χ1) is 5.43. The maximum atomic E-state index is 11.0. The smallest absolute Gasteiger partial charge is 0.335 e. The summed E-state index contributed by atoms with van der Waals surface area (Å²) in [5.74, 6) is -0.210. The van der Waals surface area contributed by atoms with Crippen LogP contribution in [0.4, 0.5) is 0 Å². The van der Waals surface area contributed by atoms with E-state index in [1.54, 1.807) is 13.8 Å². The minimum Gasteiger partial charge on any atom is -0.461 e. The van der Waals surface area contributed by atoms with E-state index in [9.17, 15) is 9.90 Å². The quantitative estimate of drug-likeness (QED) is 0.654. The number of aliphatic hydroxyl groups excluding tert-OH is 1. The first kappa shape index (κ1) is 11.4. The van der Waals surface area contributed by atoms with E-state index in [1.165, 1.54) is 0 Å². The molecule has 3 heteroatoms. The van der Waals surface area contributed by atoms with E-state index in [0.717, 1.165) is 0 Å². The number of carbonyl (C=O) groups excluding carboxylic acids is 1. The number of aliphatic hydroxyl groups is 1. The third-order valence-corrected chi connectivity index (χ3v) is 1.32. The van der Waals surface area contributed by atoms with Crippen LogP contribution in [0.2, 0.25) is 0 Å². The molecule has 1 atom stereocenters. The topological polar surface area (TPSA) is 46.5 Å². The van der Waals surface area contributed by atoms with Crippen LogP contribution in [-0.2, 0) is 9.53 Å². The van der Waals surface area contributed by atoms with Gasteiger partial charge in [0.05, 0.1) is 6.10 Å². The van der Waals surface area contributed by atoms with Gasteiger partial charge in [0.25, 0.3) is 0 Å². The number of carbonyl (C=O) groups is 1. The second-order valence-electron chi connectivity index (χ2n) is 3.63. The van der Waals surface area contributed by atoms with E-state index < -0.39 is 12.1 Å². The molecule has 0 spiro atoms. The van der Waals surface area contributed by atoms with Gasteiger partial charge in [-0.05, 0) is 26.2 Å². The lowest BCUT2D eigenvalue weighted by Gasteiger charge is -2.14. The molecule has 0 saturated heterocycles. The van der Waals surface area contributed by atoms with Gasteiger partial charge in [0, 0.05) is 0 Å². The Morgan fingerprint density at radius 3 is 2.17 bits per heavy atom. The molecule has 0 amide bonds. The summed E-state index contributed by atoms with van der Waals surface area (Å²) in [5.41, 5.74) is 0. The second-order valence-corrected chi connectivity index (χ2v) is 3.63. The predicted octanol–water partition coefficient (Wildman–Crippen LogP) is 1.34. The van der Waals surface area contributed by atoms with Crippen molar-refractivity contribution >= 4 is 5.97 Å². The lowest BCUT2D eigenvalue weighted by molar-refractivity contribution is -0.158. The summed E-state index contributed by atoms with van der Waals surface area (Å²) in [6.45, 7) is 7.43. The molecular formula is C9H18O3. The third kappa shape index (κ3) is 5.13. The van der Waals surface area contributed by atoms with Gasteiger partial charge < -0.3 is 9.84 Å². The maximum absolute atomic E-state index is 11.0. The zero-order chi connectivity index (χ0) is 9.72. The van der Waals surface area contributed by atoms with E-state index in [4.69, 9.17) is 4.74 Å². The molecule has 0 saturated carbocycles. The van der Waals surface area contributed by atoms with Crippen LogP contribution in [0.5, 0.6) is 0 Å². The standard InChI is InChI=1S/C9H18O3/c1-6(2)5-8(10)9(11)12-7(3)4/h6-8,10H,5H2,1-4H3/t8-/m1/s1. The van der Waals surface area contributed by atoms with Gasteiger partial charge >= 0.3 is 5.97 Å². The molecular weight excluding hydrogens is 156 g/mol. The van der Waals surface area contributed by atoms with E-state index >= 15 is 0 Å². The summed E-state index contributed by atoms with van der Waals surface area (Å²) in [7, 11) is 0. The Bertz CT molecular complexity index is 141. The van der Waals surface area contributed by atoms with E-state index in [0.29, 0.717) is 12.3 Å². The Labute approximate surface area is 73.7 Å². The molecule has 72 valence electrons. The number of rotatable bonds is 4. The van der Waals surface area contributed by atoms with Crippen molar-refractivity contribution in [2.45, 2.75) is 46.3 Å². The van der Waals surface area contributed by atoms with Crippen LogP contribution in [0.3, 0.4) is 0 Å². The van der Waals surface area contributed by atoms with Crippen molar-refractivity contribution in [2.75, 3.05) is 0 Å². The summed E-state index contributed by atoms with van der Waals surface area (Å²) >= 11 is 0. The molecule has 3 nitrogen and oxygen atoms in total. The first-order valence-electron chi connectivity index (χ1n) is 4.32. The predicted molar refractivity (Wildman–Crippen MR) is 46.7 cm³/mol. The molecule has 0 rings (SSSR count). The SMILES string of the molecule is CC(C)C[C@@H](O)C(=O)OC(C)C. The lowest BCUT2D eigenvalue weighted by atomic mass is 10.1. The molecule has 0 heterocycles. The van der Waals surface area contributed by atoms with Gasteiger partial charge in [0.15, 0.2) is 6.10 Å². The van der Waals surface area contributed by atoms with Crippen molar-refractivity contribution in [1.82, 2.24) is 0 Å². The molecule has 0 unspecified atom stereocenters. The van der Waals surface area contributed by atoms with Crippen LogP contribution in [0.25, 0.3) is 0 Å². The van der Waals surface area contributed by atoms with Crippen LogP contribution < -0.4 is 0 Å². The maximum Gasteiger partial charge on any atom is 0.335 e. The van der Waals surface area contributed by atoms with Gasteiger partial charge in [0.1, 0.15) is 0 Å². The molecule has 0 fully saturated rings. The lowest BCUT2D eigenvalue weighted by Crippen LogP contribution is -2.26. The van der Waals surface area contributed by atoms with E-state index in [-0.39, 0.29) is 6.10 Å². The summed E-state index contributed by atoms with van der Waals surface area (Å²) in [6.07, 6.45) is -0.655. The first-order valence-corrected chi connectivity index (χ1v) is 4.32. The largest absolute Gasteiger partial charge is 0.461 e. The Morgan fingerprint density at radius 1 is 1.33 bits per heavy atom. The van der Waals surface area contributed by atoms with E-state index in [1.807, 2.05) is 13.8 Å². The Hall–Kier alpha value is -0.570.